The summed E-state index contributed by atoms with van der Waals surface area (Å²) < 4.78 is 117. The number of hydrogen-bond acceptors (Lipinski definition) is 6. The van der Waals surface area contributed by atoms with E-state index in [0.29, 0.717) is 0 Å². The lowest BCUT2D eigenvalue weighted by Gasteiger charge is -2.12. The van der Waals surface area contributed by atoms with Crippen molar-refractivity contribution in [1.29, 1.82) is 0 Å². The Labute approximate surface area is 235 Å². The standard InChI is InChI=1S/C29H24F4O6S2/c1-18-6-10-22(11-7-18)40(34,35)38-28-24(30)14-20(15-25(28)31)4-3-5-21-16-26(32)29(27(33)17-21)39-41(36,37)23-12-8-19(2)9-13-23/h6-17H,3-5H2,1-2H3. The van der Waals surface area contributed by atoms with Crippen LogP contribution in [0.25, 0.3) is 0 Å². The maximum absolute atomic E-state index is 14.6. The quantitative estimate of drug-likeness (QED) is 0.150. The Kier molecular flexibility index (Phi) is 8.74. The molecule has 216 valence electrons. The molecule has 4 aromatic rings. The first kappa shape index (κ1) is 30.1. The molecule has 0 spiro atoms. The highest BCUT2D eigenvalue weighted by Gasteiger charge is 2.24. The van der Waals surface area contributed by atoms with E-state index in [1.807, 2.05) is 0 Å². The minimum Gasteiger partial charge on any atom is -0.373 e. The predicted molar refractivity (Wildman–Crippen MR) is 143 cm³/mol. The summed E-state index contributed by atoms with van der Waals surface area (Å²) in [5, 5.41) is 0. The molecule has 0 aliphatic heterocycles. The van der Waals surface area contributed by atoms with E-state index in [1.54, 1.807) is 13.8 Å². The second-order valence-electron chi connectivity index (χ2n) is 9.33. The topological polar surface area (TPSA) is 86.7 Å². The molecule has 0 heterocycles. The maximum atomic E-state index is 14.6. The van der Waals surface area contributed by atoms with Gasteiger partial charge in [0.15, 0.2) is 23.3 Å². The fourth-order valence-electron chi connectivity index (χ4n) is 3.89. The zero-order chi connectivity index (χ0) is 29.9. The summed E-state index contributed by atoms with van der Waals surface area (Å²) in [5.41, 5.74) is 1.88. The van der Waals surface area contributed by atoms with E-state index < -0.39 is 55.0 Å². The normalized spacial score (nSPS) is 11.9. The van der Waals surface area contributed by atoms with Crippen LogP contribution in [0.5, 0.6) is 11.5 Å². The molecular weight excluding hydrogens is 584 g/mol. The van der Waals surface area contributed by atoms with Crippen LogP contribution in [0, 0.1) is 37.1 Å². The average molecular weight is 609 g/mol. The van der Waals surface area contributed by atoms with Gasteiger partial charge in [-0.2, -0.15) is 16.8 Å². The van der Waals surface area contributed by atoms with Crippen molar-refractivity contribution in [3.63, 3.8) is 0 Å². The van der Waals surface area contributed by atoms with Crippen LogP contribution in [-0.2, 0) is 33.1 Å². The summed E-state index contributed by atoms with van der Waals surface area (Å²) in [6.45, 7) is 3.48. The molecule has 4 aromatic carbocycles. The van der Waals surface area contributed by atoms with Crippen LogP contribution in [0.4, 0.5) is 17.6 Å². The molecule has 12 heteroatoms. The van der Waals surface area contributed by atoms with Gasteiger partial charge in [0, 0.05) is 0 Å². The van der Waals surface area contributed by atoms with Gasteiger partial charge in [0.05, 0.1) is 0 Å². The van der Waals surface area contributed by atoms with Gasteiger partial charge in [0.1, 0.15) is 9.79 Å². The van der Waals surface area contributed by atoms with Crippen LogP contribution >= 0.6 is 0 Å². The Bertz CT molecular complexity index is 1610. The second-order valence-corrected chi connectivity index (χ2v) is 12.4. The van der Waals surface area contributed by atoms with E-state index in [2.05, 4.69) is 0 Å². The van der Waals surface area contributed by atoms with Crippen molar-refractivity contribution in [3.8, 4) is 11.5 Å². The minimum absolute atomic E-state index is 0.0716. The van der Waals surface area contributed by atoms with Crippen LogP contribution in [0.15, 0.2) is 82.6 Å². The third-order valence-electron chi connectivity index (χ3n) is 6.05. The van der Waals surface area contributed by atoms with E-state index in [-0.39, 0.29) is 40.2 Å². The van der Waals surface area contributed by atoms with Crippen LogP contribution in [0.2, 0.25) is 0 Å². The van der Waals surface area contributed by atoms with Crippen LogP contribution in [0.1, 0.15) is 28.7 Å². The van der Waals surface area contributed by atoms with Crippen molar-refractivity contribution in [2.45, 2.75) is 42.9 Å². The summed E-state index contributed by atoms with van der Waals surface area (Å²) >= 11 is 0. The molecule has 0 radical (unpaired) electrons. The van der Waals surface area contributed by atoms with Gasteiger partial charge in [0.2, 0.25) is 11.5 Å². The van der Waals surface area contributed by atoms with E-state index >= 15 is 0 Å². The Morgan fingerprint density at radius 2 is 0.829 bits per heavy atom. The molecule has 0 unspecified atom stereocenters. The van der Waals surface area contributed by atoms with Crippen molar-refractivity contribution in [1.82, 2.24) is 0 Å². The molecule has 0 bridgehead atoms. The molecule has 0 N–H and O–H groups in total. The first-order valence-electron chi connectivity index (χ1n) is 12.2. The molecular formula is C29H24F4O6S2. The summed E-state index contributed by atoms with van der Waals surface area (Å²) in [5.74, 6) is -7.08. The van der Waals surface area contributed by atoms with Gasteiger partial charge < -0.3 is 8.37 Å². The van der Waals surface area contributed by atoms with E-state index in [9.17, 15) is 34.4 Å². The molecule has 0 amide bonds. The SMILES string of the molecule is Cc1ccc(S(=O)(=O)Oc2c(F)cc(CCCc3cc(F)c(OS(=O)(=O)c4ccc(C)cc4)c(F)c3)cc2F)cc1. The molecule has 0 aliphatic rings. The Morgan fingerprint density at radius 1 is 0.537 bits per heavy atom. The maximum Gasteiger partial charge on any atom is 0.339 e. The first-order valence-corrected chi connectivity index (χ1v) is 15.0. The molecule has 4 rings (SSSR count). The van der Waals surface area contributed by atoms with Crippen molar-refractivity contribution >= 4 is 20.2 Å². The second kappa shape index (κ2) is 11.9. The van der Waals surface area contributed by atoms with E-state index in [1.165, 1.54) is 48.5 Å². The van der Waals surface area contributed by atoms with Gasteiger partial charge >= 0.3 is 20.2 Å². The Morgan fingerprint density at radius 3 is 1.12 bits per heavy atom. The van der Waals surface area contributed by atoms with E-state index in [0.717, 1.165) is 35.4 Å². The zero-order valence-electron chi connectivity index (χ0n) is 21.8. The van der Waals surface area contributed by atoms with Gasteiger partial charge in [-0.15, -0.1) is 0 Å². The minimum atomic E-state index is -4.48. The largest absolute Gasteiger partial charge is 0.373 e. The van der Waals surface area contributed by atoms with Crippen molar-refractivity contribution in [2.24, 2.45) is 0 Å². The third-order valence-corrected chi connectivity index (χ3v) is 8.52. The van der Waals surface area contributed by atoms with Crippen LogP contribution in [0.3, 0.4) is 0 Å². The fraction of sp³-hybridized carbons (Fsp3) is 0.172. The van der Waals surface area contributed by atoms with Gasteiger partial charge in [0.25, 0.3) is 0 Å². The summed E-state index contributed by atoms with van der Waals surface area (Å²) in [6.07, 6.45) is 0.339. The smallest absolute Gasteiger partial charge is 0.339 e. The monoisotopic (exact) mass is 608 g/mol. The van der Waals surface area contributed by atoms with Gasteiger partial charge in [-0.1, -0.05) is 35.4 Å². The number of rotatable bonds is 10. The van der Waals surface area contributed by atoms with Crippen LogP contribution < -0.4 is 8.37 Å². The highest BCUT2D eigenvalue weighted by molar-refractivity contribution is 7.87. The fourth-order valence-corrected chi connectivity index (χ4v) is 5.78. The summed E-state index contributed by atoms with van der Waals surface area (Å²) in [6, 6.07) is 14.7. The van der Waals surface area contributed by atoms with Crippen molar-refractivity contribution < 1.29 is 42.8 Å². The number of halogens is 4. The number of hydrogen-bond donors (Lipinski definition) is 0. The summed E-state index contributed by atoms with van der Waals surface area (Å²) in [7, 11) is -8.96. The molecule has 41 heavy (non-hydrogen) atoms. The van der Waals surface area contributed by atoms with E-state index in [4.69, 9.17) is 8.37 Å². The number of benzene rings is 4. The number of aryl methyl sites for hydroxylation is 4. The van der Waals surface area contributed by atoms with Crippen molar-refractivity contribution in [2.75, 3.05) is 0 Å². The average Bonchev–Trinajstić information content (AvgIpc) is 2.89. The highest BCUT2D eigenvalue weighted by atomic mass is 32.2. The third kappa shape index (κ3) is 7.25. The van der Waals surface area contributed by atoms with Gasteiger partial charge in [-0.05, 0) is 92.8 Å². The highest BCUT2D eigenvalue weighted by Crippen LogP contribution is 2.29. The lowest BCUT2D eigenvalue weighted by atomic mass is 10.0. The molecule has 0 saturated carbocycles. The zero-order valence-corrected chi connectivity index (χ0v) is 23.5. The Balaban J connectivity index is 1.41. The van der Waals surface area contributed by atoms with Crippen molar-refractivity contribution in [3.05, 3.63) is 118 Å². The summed E-state index contributed by atoms with van der Waals surface area (Å²) in [4.78, 5) is -0.538. The van der Waals surface area contributed by atoms with Gasteiger partial charge in [-0.3, -0.25) is 0 Å². The molecule has 0 atom stereocenters. The Hall–Kier alpha value is -3.90. The molecule has 0 aromatic heterocycles. The molecule has 6 nitrogen and oxygen atoms in total. The predicted octanol–water partition coefficient (Wildman–Crippen LogP) is 6.57. The molecule has 0 fully saturated rings. The lowest BCUT2D eigenvalue weighted by molar-refractivity contribution is 0.432. The molecule has 0 saturated heterocycles. The lowest BCUT2D eigenvalue weighted by Crippen LogP contribution is -2.12. The first-order chi connectivity index (χ1) is 19.2. The van der Waals surface area contributed by atoms with Crippen LogP contribution in [-0.4, -0.2) is 16.8 Å². The van der Waals surface area contributed by atoms with Gasteiger partial charge in [-0.25, -0.2) is 17.6 Å². The molecule has 0 aliphatic carbocycles.